The second-order valence-corrected chi connectivity index (χ2v) is 8.91. The van der Waals surface area contributed by atoms with Crippen LogP contribution in [0.2, 0.25) is 0 Å². The molecule has 1 aliphatic carbocycles. The molecular weight excluding hydrogens is 499 g/mol. The van der Waals surface area contributed by atoms with Gasteiger partial charge in [0.15, 0.2) is 0 Å². The van der Waals surface area contributed by atoms with Crippen molar-refractivity contribution in [2.24, 2.45) is 10.7 Å². The lowest BCUT2D eigenvalue weighted by atomic mass is 9.96. The van der Waals surface area contributed by atoms with Crippen molar-refractivity contribution < 1.29 is 4.79 Å². The zero-order valence-electron chi connectivity index (χ0n) is 17.2. The quantitative estimate of drug-likeness (QED) is 0.258. The number of halogens is 1. The van der Waals surface area contributed by atoms with Crippen molar-refractivity contribution in [2.75, 3.05) is 5.32 Å². The summed E-state index contributed by atoms with van der Waals surface area (Å²) >= 11 is 2.28. The molecule has 1 saturated carbocycles. The van der Waals surface area contributed by atoms with Gasteiger partial charge in [-0.3, -0.25) is 14.8 Å². The van der Waals surface area contributed by atoms with Crippen LogP contribution in [0.4, 0.5) is 5.69 Å². The van der Waals surface area contributed by atoms with Gasteiger partial charge in [0.05, 0.1) is 11.7 Å². The molecule has 5 nitrogen and oxygen atoms in total. The summed E-state index contributed by atoms with van der Waals surface area (Å²) in [4.78, 5) is 21.9. The van der Waals surface area contributed by atoms with Crippen LogP contribution in [0.3, 0.4) is 0 Å². The van der Waals surface area contributed by atoms with Crippen LogP contribution in [-0.4, -0.2) is 22.8 Å². The van der Waals surface area contributed by atoms with Crippen molar-refractivity contribution in [3.05, 3.63) is 81.6 Å². The predicted molar refractivity (Wildman–Crippen MR) is 134 cm³/mol. The topological polar surface area (TPSA) is 80.4 Å². The van der Waals surface area contributed by atoms with E-state index in [4.69, 9.17) is 5.73 Å². The Morgan fingerprint density at radius 1 is 1.00 bits per heavy atom. The van der Waals surface area contributed by atoms with Gasteiger partial charge < -0.3 is 11.1 Å². The highest BCUT2D eigenvalue weighted by Gasteiger charge is 2.14. The Hall–Kier alpha value is -2.74. The number of benzene rings is 2. The van der Waals surface area contributed by atoms with E-state index in [2.05, 4.69) is 37.9 Å². The van der Waals surface area contributed by atoms with Gasteiger partial charge in [0.25, 0.3) is 5.91 Å². The van der Waals surface area contributed by atoms with Gasteiger partial charge in [-0.1, -0.05) is 37.5 Å². The van der Waals surface area contributed by atoms with E-state index in [0.29, 0.717) is 17.4 Å². The third-order valence-electron chi connectivity index (χ3n) is 5.50. The van der Waals surface area contributed by atoms with Gasteiger partial charge in [0.1, 0.15) is 5.84 Å². The zero-order chi connectivity index (χ0) is 21.6. The summed E-state index contributed by atoms with van der Waals surface area (Å²) in [5.41, 5.74) is 10.2. The summed E-state index contributed by atoms with van der Waals surface area (Å²) in [5, 5.41) is 2.98. The summed E-state index contributed by atoms with van der Waals surface area (Å²) in [6.07, 6.45) is 7.72. The molecule has 31 heavy (non-hydrogen) atoms. The fourth-order valence-corrected chi connectivity index (χ4v) is 4.41. The van der Waals surface area contributed by atoms with Crippen LogP contribution in [0.25, 0.3) is 11.3 Å². The van der Waals surface area contributed by atoms with Crippen LogP contribution >= 0.6 is 22.6 Å². The molecule has 4 rings (SSSR count). The number of amides is 1. The Bertz CT molecular complexity index is 1070. The molecule has 0 saturated heterocycles. The summed E-state index contributed by atoms with van der Waals surface area (Å²) < 4.78 is 1.08. The van der Waals surface area contributed by atoms with Crippen LogP contribution in [0.15, 0.2) is 71.9 Å². The van der Waals surface area contributed by atoms with E-state index in [1.165, 1.54) is 19.3 Å². The third-order valence-corrected chi connectivity index (χ3v) is 6.44. The molecule has 3 aromatic rings. The SMILES string of the molecule is NC(=NC1CCCCC1)c1ccc(C(=O)Nc2ccc(I)c(-c3ccccn3)c2)cc1. The lowest BCUT2D eigenvalue weighted by Crippen LogP contribution is -2.20. The fourth-order valence-electron chi connectivity index (χ4n) is 3.80. The molecule has 0 unspecified atom stereocenters. The number of nitrogens with zero attached hydrogens (tertiary/aromatic N) is 2. The number of aliphatic imine (C=N–C) groups is 1. The molecule has 1 aromatic heterocycles. The first-order valence-corrected chi connectivity index (χ1v) is 11.6. The maximum Gasteiger partial charge on any atom is 0.255 e. The van der Waals surface area contributed by atoms with Crippen molar-refractivity contribution in [3.8, 4) is 11.3 Å². The highest BCUT2D eigenvalue weighted by Crippen LogP contribution is 2.27. The monoisotopic (exact) mass is 524 g/mol. The van der Waals surface area contributed by atoms with Gasteiger partial charge in [0.2, 0.25) is 0 Å². The van der Waals surface area contributed by atoms with Crippen molar-refractivity contribution >= 4 is 40.0 Å². The molecule has 1 aliphatic rings. The summed E-state index contributed by atoms with van der Waals surface area (Å²) in [5.74, 6) is 0.388. The minimum absolute atomic E-state index is 0.164. The Morgan fingerprint density at radius 3 is 2.45 bits per heavy atom. The first kappa shape index (κ1) is 21.5. The van der Waals surface area contributed by atoms with Crippen LogP contribution in [0.1, 0.15) is 48.0 Å². The number of hydrogen-bond donors (Lipinski definition) is 2. The molecule has 0 atom stereocenters. The van der Waals surface area contributed by atoms with Gasteiger partial charge in [-0.25, -0.2) is 0 Å². The summed E-state index contributed by atoms with van der Waals surface area (Å²) in [7, 11) is 0. The molecule has 0 spiro atoms. The molecule has 6 heteroatoms. The third kappa shape index (κ3) is 5.50. The fraction of sp³-hybridized carbons (Fsp3) is 0.240. The van der Waals surface area contributed by atoms with Gasteiger partial charge in [0, 0.05) is 32.1 Å². The summed E-state index contributed by atoms with van der Waals surface area (Å²) in [6, 6.07) is 19.3. The Balaban J connectivity index is 1.46. The van der Waals surface area contributed by atoms with E-state index in [1.54, 1.807) is 18.3 Å². The number of pyridine rings is 1. The zero-order valence-corrected chi connectivity index (χ0v) is 19.4. The van der Waals surface area contributed by atoms with Crippen molar-refractivity contribution in [3.63, 3.8) is 0 Å². The number of carbonyl (C=O) groups is 1. The largest absolute Gasteiger partial charge is 0.383 e. The van der Waals surface area contributed by atoms with E-state index in [1.807, 2.05) is 48.5 Å². The lowest BCUT2D eigenvalue weighted by Gasteiger charge is -2.18. The number of carbonyl (C=O) groups excluding carboxylic acids is 1. The molecule has 1 fully saturated rings. The van der Waals surface area contributed by atoms with Gasteiger partial charge in [-0.05, 0) is 77.9 Å². The number of nitrogens with two attached hydrogens (primary N) is 1. The second kappa shape index (κ2) is 10.0. The molecule has 158 valence electrons. The predicted octanol–water partition coefficient (Wildman–Crippen LogP) is 5.64. The van der Waals surface area contributed by atoms with Crippen molar-refractivity contribution in [2.45, 2.75) is 38.1 Å². The Kier molecular flexibility index (Phi) is 6.96. The van der Waals surface area contributed by atoms with Crippen molar-refractivity contribution in [1.82, 2.24) is 4.98 Å². The Morgan fingerprint density at radius 2 is 1.74 bits per heavy atom. The minimum atomic E-state index is -0.164. The molecule has 0 aliphatic heterocycles. The summed E-state index contributed by atoms with van der Waals surface area (Å²) in [6.45, 7) is 0. The first-order valence-electron chi connectivity index (χ1n) is 10.6. The maximum atomic E-state index is 12.8. The molecule has 3 N–H and O–H groups in total. The number of hydrogen-bond acceptors (Lipinski definition) is 3. The van der Waals surface area contributed by atoms with Gasteiger partial charge in [-0.2, -0.15) is 0 Å². The van der Waals surface area contributed by atoms with Crippen molar-refractivity contribution in [1.29, 1.82) is 0 Å². The molecule has 1 heterocycles. The van der Waals surface area contributed by atoms with Gasteiger partial charge in [-0.15, -0.1) is 0 Å². The smallest absolute Gasteiger partial charge is 0.255 e. The van der Waals surface area contributed by atoms with Crippen LogP contribution < -0.4 is 11.1 Å². The highest BCUT2D eigenvalue weighted by molar-refractivity contribution is 14.1. The van der Waals surface area contributed by atoms with E-state index in [-0.39, 0.29) is 5.91 Å². The molecular formula is C25H25IN4O. The van der Waals surface area contributed by atoms with Crippen LogP contribution in [0.5, 0.6) is 0 Å². The number of anilines is 1. The normalized spacial score (nSPS) is 14.9. The number of amidine groups is 1. The number of aromatic nitrogens is 1. The maximum absolute atomic E-state index is 12.8. The first-order chi connectivity index (χ1) is 15.1. The number of rotatable bonds is 5. The molecule has 0 bridgehead atoms. The second-order valence-electron chi connectivity index (χ2n) is 7.75. The van der Waals surface area contributed by atoms with E-state index in [9.17, 15) is 4.79 Å². The molecule has 0 radical (unpaired) electrons. The van der Waals surface area contributed by atoms with Gasteiger partial charge >= 0.3 is 0 Å². The van der Waals surface area contributed by atoms with Crippen LogP contribution in [0, 0.1) is 3.57 Å². The number of nitrogens with one attached hydrogen (secondary N) is 1. The van der Waals surface area contributed by atoms with Crippen LogP contribution in [-0.2, 0) is 0 Å². The average Bonchev–Trinajstić information content (AvgIpc) is 2.81. The average molecular weight is 524 g/mol. The minimum Gasteiger partial charge on any atom is -0.383 e. The highest BCUT2D eigenvalue weighted by atomic mass is 127. The van der Waals surface area contributed by atoms with E-state index >= 15 is 0 Å². The molecule has 1 amide bonds. The Labute approximate surface area is 196 Å². The standard InChI is InChI=1S/C25H25IN4O/c26-22-14-13-20(16-21(22)23-8-4-5-15-28-23)30-25(31)18-11-9-17(10-12-18)24(27)29-19-6-2-1-3-7-19/h4-5,8-16,19H,1-3,6-7H2,(H2,27,29)(H,30,31). The van der Waals surface area contributed by atoms with E-state index in [0.717, 1.165) is 38.9 Å². The van der Waals surface area contributed by atoms with E-state index < -0.39 is 0 Å². The lowest BCUT2D eigenvalue weighted by molar-refractivity contribution is 0.102. The molecule has 2 aromatic carbocycles.